The molecule has 0 fully saturated rings. The van der Waals surface area contributed by atoms with E-state index in [1.165, 1.54) is 53.6 Å². The summed E-state index contributed by atoms with van der Waals surface area (Å²) in [5, 5.41) is 2.59. The quantitative estimate of drug-likeness (QED) is 0.162. The van der Waals surface area contributed by atoms with E-state index >= 15 is 0 Å². The van der Waals surface area contributed by atoms with Gasteiger partial charge in [-0.3, -0.25) is 0 Å². The van der Waals surface area contributed by atoms with Crippen molar-refractivity contribution in [1.29, 1.82) is 0 Å². The lowest BCUT2D eigenvalue weighted by Gasteiger charge is -2.13. The molecule has 0 spiro atoms. The van der Waals surface area contributed by atoms with E-state index in [1.54, 1.807) is 0 Å². The van der Waals surface area contributed by atoms with Crippen molar-refractivity contribution in [1.82, 2.24) is 0 Å². The summed E-state index contributed by atoms with van der Waals surface area (Å²) in [4.78, 5) is 10.3. The van der Waals surface area contributed by atoms with Gasteiger partial charge < -0.3 is 0 Å². The Morgan fingerprint density at radius 1 is 0.442 bits per heavy atom. The first kappa shape index (κ1) is 26.1. The fourth-order valence-electron chi connectivity index (χ4n) is 5.50. The summed E-state index contributed by atoms with van der Waals surface area (Å²) in [6.45, 7) is 0. The number of rotatable bonds is 5. The van der Waals surface area contributed by atoms with Crippen molar-refractivity contribution in [2.45, 2.75) is 0 Å². The van der Waals surface area contributed by atoms with Crippen LogP contribution in [0.1, 0.15) is 16.7 Å². The Labute approximate surface area is 264 Å². The molecular weight excluding hydrogens is 655 g/mol. The van der Waals surface area contributed by atoms with Crippen molar-refractivity contribution in [2.24, 2.45) is 9.98 Å². The van der Waals surface area contributed by atoms with E-state index in [1.807, 2.05) is 17.4 Å². The van der Waals surface area contributed by atoms with Crippen molar-refractivity contribution in [3.05, 3.63) is 168 Å². The molecule has 2 nitrogen and oxygen atoms in total. The minimum atomic E-state index is -0.570. The number of benzene rings is 6. The van der Waals surface area contributed by atoms with E-state index in [4.69, 9.17) is 9.98 Å². The molecule has 0 saturated heterocycles. The molecule has 0 bridgehead atoms. The number of amidine groups is 1. The highest BCUT2D eigenvalue weighted by molar-refractivity contribution is 14.2. The maximum Gasteiger partial charge on any atom is 0.161 e. The molecule has 1 aliphatic heterocycles. The van der Waals surface area contributed by atoms with Gasteiger partial charge in [-0.15, -0.1) is 11.3 Å². The van der Waals surface area contributed by atoms with Crippen LogP contribution in [-0.2, 0) is 0 Å². The van der Waals surface area contributed by atoms with Crippen LogP contribution in [0.15, 0.2) is 162 Å². The normalized spacial score (nSPS) is 13.3. The van der Waals surface area contributed by atoms with Gasteiger partial charge in [0, 0.05) is 42.4 Å². The lowest BCUT2D eigenvalue weighted by molar-refractivity contribution is 1.51. The number of nitrogens with zero attached hydrogens (tertiary/aromatic N) is 2. The molecule has 0 radical (unpaired) electrons. The molecule has 8 rings (SSSR count). The molecule has 0 aliphatic carbocycles. The minimum Gasteiger partial charge on any atom is -0.222 e. The molecule has 0 N–H and O–H groups in total. The van der Waals surface area contributed by atoms with Gasteiger partial charge >= 0.3 is 0 Å². The Morgan fingerprint density at radius 2 is 1.05 bits per heavy atom. The predicted octanol–water partition coefficient (Wildman–Crippen LogP) is 10.7. The number of thiophene rings is 1. The zero-order valence-corrected chi connectivity index (χ0v) is 26.1. The zero-order valence-electron chi connectivity index (χ0n) is 23.1. The SMILES string of the molecule is c1ccc(C2=NC(c3ccccc3)=IC(c3ccc4c(c3)sc3c(-c5ccccc5)cc(-c5ccccc5)cc34)=N2)cc1. The Hall–Kier alpha value is -4.52. The Kier molecular flexibility index (Phi) is 6.86. The van der Waals surface area contributed by atoms with Crippen LogP contribution in [-0.4, -0.2) is 13.2 Å². The summed E-state index contributed by atoms with van der Waals surface area (Å²) < 4.78 is 4.91. The monoisotopic (exact) mass is 680 g/mol. The summed E-state index contributed by atoms with van der Waals surface area (Å²) in [5.74, 6) is 0.788. The van der Waals surface area contributed by atoms with Crippen molar-refractivity contribution in [3.8, 4) is 22.3 Å². The van der Waals surface area contributed by atoms with Crippen LogP contribution < -0.4 is 0 Å². The maximum atomic E-state index is 5.18. The maximum absolute atomic E-state index is 5.18. The van der Waals surface area contributed by atoms with Crippen LogP contribution in [0.2, 0.25) is 0 Å². The summed E-state index contributed by atoms with van der Waals surface area (Å²) in [5.41, 5.74) is 8.40. The summed E-state index contributed by atoms with van der Waals surface area (Å²) >= 11 is 1.31. The smallest absolute Gasteiger partial charge is 0.161 e. The van der Waals surface area contributed by atoms with E-state index in [2.05, 4.69) is 146 Å². The van der Waals surface area contributed by atoms with Crippen molar-refractivity contribution in [2.75, 3.05) is 0 Å². The first-order valence-corrected chi connectivity index (χ1v) is 17.2. The number of aliphatic imine (C=N–C) groups is 2. The molecule has 204 valence electrons. The summed E-state index contributed by atoms with van der Waals surface area (Å²) in [7, 11) is 0. The van der Waals surface area contributed by atoms with Crippen LogP contribution >= 0.6 is 32.1 Å². The Balaban J connectivity index is 1.31. The molecule has 0 atom stereocenters. The van der Waals surface area contributed by atoms with Gasteiger partial charge in [0.15, 0.2) is 5.84 Å². The van der Waals surface area contributed by atoms with E-state index in [0.29, 0.717) is 0 Å². The predicted molar refractivity (Wildman–Crippen MR) is 194 cm³/mol. The molecule has 0 unspecified atom stereocenters. The first-order chi connectivity index (χ1) is 21.3. The van der Waals surface area contributed by atoms with Crippen molar-refractivity contribution in [3.63, 3.8) is 0 Å². The molecule has 43 heavy (non-hydrogen) atoms. The number of halogens is 1. The fraction of sp³-hybridized carbons (Fsp3) is 0. The molecule has 2 heterocycles. The lowest BCUT2D eigenvalue weighted by Crippen LogP contribution is -2.11. The third kappa shape index (κ3) is 5.07. The number of hydrogen-bond donors (Lipinski definition) is 0. The van der Waals surface area contributed by atoms with E-state index in [9.17, 15) is 0 Å². The van der Waals surface area contributed by atoms with Gasteiger partial charge in [-0.2, -0.15) is 0 Å². The molecular formula is C39H25IN2S. The molecule has 4 heteroatoms. The van der Waals surface area contributed by atoms with Gasteiger partial charge in [0.1, 0.15) is 7.35 Å². The lowest BCUT2D eigenvalue weighted by atomic mass is 9.96. The molecule has 1 aromatic heterocycles. The fourth-order valence-corrected chi connectivity index (χ4v) is 9.26. The third-order valence-electron chi connectivity index (χ3n) is 7.63. The second-order valence-corrected chi connectivity index (χ2v) is 14.0. The molecule has 1 aliphatic rings. The van der Waals surface area contributed by atoms with Gasteiger partial charge in [-0.1, -0.05) is 133 Å². The largest absolute Gasteiger partial charge is 0.222 e. The third-order valence-corrected chi connectivity index (χ3v) is 11.6. The van der Waals surface area contributed by atoms with Gasteiger partial charge in [0.2, 0.25) is 0 Å². The van der Waals surface area contributed by atoms with Crippen molar-refractivity contribution >= 4 is 65.4 Å². The van der Waals surface area contributed by atoms with E-state index in [0.717, 1.165) is 18.8 Å². The molecule has 0 saturated carbocycles. The standard InChI is InChI=1S/C39H25IN2S/c1-5-13-26(14-6-1)31-23-33(27-15-7-2-8-16-27)36-34(24-31)32-22-21-30(25-35(32)43-36)38-40-37(28-17-9-3-10-18-28)41-39(42-38)29-19-11-4-12-20-29/h1-25H. The summed E-state index contributed by atoms with van der Waals surface area (Å²) in [6, 6.07) is 54.0. The van der Waals surface area contributed by atoms with E-state index in [-0.39, 0.29) is 0 Å². The highest BCUT2D eigenvalue weighted by Crippen LogP contribution is 2.43. The Morgan fingerprint density at radius 3 is 1.72 bits per heavy atom. The number of fused-ring (bicyclic) bond motifs is 3. The second-order valence-electron chi connectivity index (χ2n) is 10.4. The van der Waals surface area contributed by atoms with Crippen LogP contribution in [0.25, 0.3) is 42.4 Å². The minimum absolute atomic E-state index is 0.570. The van der Waals surface area contributed by atoms with E-state index < -0.39 is 20.7 Å². The van der Waals surface area contributed by atoms with Gasteiger partial charge in [-0.05, 0) is 55.6 Å². The van der Waals surface area contributed by atoms with Crippen molar-refractivity contribution < 1.29 is 0 Å². The Bertz CT molecular complexity index is 2160. The summed E-state index contributed by atoms with van der Waals surface area (Å²) in [6.07, 6.45) is 0. The van der Waals surface area contributed by atoms with Gasteiger partial charge in [0.05, 0.1) is 0 Å². The molecule has 6 aromatic carbocycles. The average Bonchev–Trinajstić information content (AvgIpc) is 3.47. The number of hydrogen-bond acceptors (Lipinski definition) is 3. The van der Waals surface area contributed by atoms with Crippen LogP contribution in [0, 0.1) is 0 Å². The van der Waals surface area contributed by atoms with Gasteiger partial charge in [-0.25, -0.2) is 9.98 Å². The second kappa shape index (κ2) is 11.3. The van der Waals surface area contributed by atoms with Crippen LogP contribution in [0.5, 0.6) is 0 Å². The molecule has 0 amide bonds. The topological polar surface area (TPSA) is 24.7 Å². The van der Waals surface area contributed by atoms with Crippen LogP contribution in [0.3, 0.4) is 0 Å². The average molecular weight is 681 g/mol. The highest BCUT2D eigenvalue weighted by Gasteiger charge is 2.18. The highest BCUT2D eigenvalue weighted by atomic mass is 127. The zero-order chi connectivity index (χ0) is 28.6. The first-order valence-electron chi connectivity index (χ1n) is 14.2. The van der Waals surface area contributed by atoms with Crippen LogP contribution in [0.4, 0.5) is 0 Å². The van der Waals surface area contributed by atoms with Gasteiger partial charge in [0.25, 0.3) is 0 Å². The molecule has 7 aromatic rings.